The molecule has 1 aliphatic heterocycles. The zero-order valence-electron chi connectivity index (χ0n) is 12.1. The average molecular weight is 313 g/mol. The molecular weight excluding hydrogens is 294 g/mol. The summed E-state index contributed by atoms with van der Waals surface area (Å²) in [5.41, 5.74) is 5.97. The Bertz CT molecular complexity index is 637. The molecule has 0 spiro atoms. The number of rotatable bonds is 3. The van der Waals surface area contributed by atoms with Gasteiger partial charge in [0.25, 0.3) is 0 Å². The van der Waals surface area contributed by atoms with Gasteiger partial charge in [-0.05, 0) is 25.2 Å². The van der Waals surface area contributed by atoms with Gasteiger partial charge >= 0.3 is 5.97 Å². The Morgan fingerprint density at radius 3 is 2.43 bits per heavy atom. The first-order chi connectivity index (χ1) is 9.86. The monoisotopic (exact) mass is 313 g/mol. The largest absolute Gasteiger partial charge is 0.465 e. The molecule has 2 N–H and O–H groups in total. The van der Waals surface area contributed by atoms with Crippen LogP contribution in [-0.2, 0) is 14.8 Å². The fourth-order valence-corrected chi connectivity index (χ4v) is 3.83. The molecule has 0 atom stereocenters. The highest BCUT2D eigenvalue weighted by Gasteiger charge is 2.31. The first kappa shape index (κ1) is 15.7. The molecule has 21 heavy (non-hydrogen) atoms. The Labute approximate surface area is 124 Å². The van der Waals surface area contributed by atoms with E-state index in [1.165, 1.54) is 29.6 Å². The van der Waals surface area contributed by atoms with Crippen molar-refractivity contribution in [2.45, 2.75) is 4.90 Å². The normalized spacial score (nSPS) is 17.6. The highest BCUT2D eigenvalue weighted by Crippen LogP contribution is 2.24. The van der Waals surface area contributed by atoms with E-state index >= 15 is 0 Å². The molecule has 0 unspecified atom stereocenters. The average Bonchev–Trinajstić information content (AvgIpc) is 2.47. The Morgan fingerprint density at radius 2 is 1.86 bits per heavy atom. The number of nitrogens with two attached hydrogens (primary N) is 1. The smallest absolute Gasteiger partial charge is 0.339 e. The molecule has 0 saturated carbocycles. The van der Waals surface area contributed by atoms with E-state index in [-0.39, 0.29) is 16.1 Å². The molecule has 0 bridgehead atoms. The first-order valence-electron chi connectivity index (χ1n) is 6.53. The Kier molecular flexibility index (Phi) is 4.50. The minimum absolute atomic E-state index is 0.00521. The SMILES string of the molecule is COC(=O)c1ccc(N)cc1S(=O)(=O)N1CCN(C)CC1. The Hall–Kier alpha value is -1.64. The van der Waals surface area contributed by atoms with Gasteiger partial charge in [0, 0.05) is 31.9 Å². The summed E-state index contributed by atoms with van der Waals surface area (Å²) in [6.07, 6.45) is 0. The van der Waals surface area contributed by atoms with Gasteiger partial charge in [-0.15, -0.1) is 0 Å². The fraction of sp³-hybridized carbons (Fsp3) is 0.462. The molecule has 1 heterocycles. The topological polar surface area (TPSA) is 92.9 Å². The van der Waals surface area contributed by atoms with Crippen LogP contribution in [0.5, 0.6) is 0 Å². The molecule has 1 aliphatic rings. The fourth-order valence-electron chi connectivity index (χ4n) is 2.20. The van der Waals surface area contributed by atoms with Gasteiger partial charge in [-0.25, -0.2) is 13.2 Å². The second kappa shape index (κ2) is 6.00. The number of nitrogens with zero attached hydrogens (tertiary/aromatic N) is 2. The summed E-state index contributed by atoms with van der Waals surface area (Å²) in [5.74, 6) is -0.692. The Balaban J connectivity index is 2.44. The third kappa shape index (κ3) is 3.17. The van der Waals surface area contributed by atoms with E-state index in [2.05, 4.69) is 4.74 Å². The number of nitrogen functional groups attached to an aromatic ring is 1. The predicted molar refractivity (Wildman–Crippen MR) is 78.4 cm³/mol. The quantitative estimate of drug-likeness (QED) is 0.623. The van der Waals surface area contributed by atoms with Crippen LogP contribution in [0.4, 0.5) is 5.69 Å². The summed E-state index contributed by atoms with van der Waals surface area (Å²) in [5, 5.41) is 0. The number of benzene rings is 1. The van der Waals surface area contributed by atoms with Gasteiger partial charge in [0.15, 0.2) is 0 Å². The van der Waals surface area contributed by atoms with Crippen LogP contribution >= 0.6 is 0 Å². The molecule has 2 rings (SSSR count). The summed E-state index contributed by atoms with van der Waals surface area (Å²) >= 11 is 0. The van der Waals surface area contributed by atoms with Gasteiger partial charge in [-0.3, -0.25) is 0 Å². The number of ether oxygens (including phenoxy) is 1. The molecule has 0 aromatic heterocycles. The van der Waals surface area contributed by atoms with Crippen molar-refractivity contribution < 1.29 is 17.9 Å². The van der Waals surface area contributed by atoms with Gasteiger partial charge in [-0.2, -0.15) is 4.31 Å². The lowest BCUT2D eigenvalue weighted by Gasteiger charge is -2.31. The first-order valence-corrected chi connectivity index (χ1v) is 7.97. The summed E-state index contributed by atoms with van der Waals surface area (Å²) in [6.45, 7) is 2.06. The van der Waals surface area contributed by atoms with Crippen LogP contribution < -0.4 is 5.73 Å². The van der Waals surface area contributed by atoms with Gasteiger partial charge in [-0.1, -0.05) is 0 Å². The number of carbonyl (C=O) groups is 1. The third-order valence-electron chi connectivity index (χ3n) is 3.49. The Morgan fingerprint density at radius 1 is 1.24 bits per heavy atom. The van der Waals surface area contributed by atoms with E-state index in [9.17, 15) is 13.2 Å². The molecule has 1 aromatic rings. The molecule has 0 radical (unpaired) electrons. The van der Waals surface area contributed by atoms with Gasteiger partial charge in [0.2, 0.25) is 10.0 Å². The van der Waals surface area contributed by atoms with Crippen molar-refractivity contribution in [3.05, 3.63) is 23.8 Å². The van der Waals surface area contributed by atoms with Crippen LogP contribution in [0, 0.1) is 0 Å². The molecule has 0 aliphatic carbocycles. The second-order valence-electron chi connectivity index (χ2n) is 4.95. The maximum Gasteiger partial charge on any atom is 0.339 e. The number of hydrogen-bond donors (Lipinski definition) is 1. The molecular formula is C13H19N3O4S. The van der Waals surface area contributed by atoms with Crippen molar-refractivity contribution in [1.82, 2.24) is 9.21 Å². The van der Waals surface area contributed by atoms with E-state index in [0.29, 0.717) is 26.2 Å². The van der Waals surface area contributed by atoms with E-state index < -0.39 is 16.0 Å². The van der Waals surface area contributed by atoms with Crippen molar-refractivity contribution in [3.8, 4) is 0 Å². The zero-order chi connectivity index (χ0) is 15.6. The van der Waals surface area contributed by atoms with Crippen LogP contribution in [0.2, 0.25) is 0 Å². The van der Waals surface area contributed by atoms with E-state index in [0.717, 1.165) is 0 Å². The highest BCUT2D eigenvalue weighted by molar-refractivity contribution is 7.89. The van der Waals surface area contributed by atoms with Gasteiger partial charge in [0.05, 0.1) is 17.6 Å². The van der Waals surface area contributed by atoms with Crippen molar-refractivity contribution in [2.75, 3.05) is 46.1 Å². The van der Waals surface area contributed by atoms with Crippen molar-refractivity contribution in [1.29, 1.82) is 0 Å². The number of anilines is 1. The molecule has 0 amide bonds. The van der Waals surface area contributed by atoms with Crippen molar-refractivity contribution in [3.63, 3.8) is 0 Å². The number of methoxy groups -OCH3 is 1. The molecule has 8 heteroatoms. The van der Waals surface area contributed by atoms with Crippen LogP contribution in [-0.4, -0.2) is 63.9 Å². The lowest BCUT2D eigenvalue weighted by atomic mass is 10.2. The molecule has 7 nitrogen and oxygen atoms in total. The van der Waals surface area contributed by atoms with E-state index in [1.807, 2.05) is 11.9 Å². The van der Waals surface area contributed by atoms with Crippen LogP contribution in [0.25, 0.3) is 0 Å². The lowest BCUT2D eigenvalue weighted by molar-refractivity contribution is 0.0596. The summed E-state index contributed by atoms with van der Waals surface area (Å²) in [7, 11) is -0.620. The second-order valence-corrected chi connectivity index (χ2v) is 6.86. The molecule has 1 saturated heterocycles. The molecule has 116 valence electrons. The maximum absolute atomic E-state index is 12.7. The summed E-state index contributed by atoms with van der Waals surface area (Å²) < 4.78 is 31.5. The maximum atomic E-state index is 12.7. The van der Waals surface area contributed by atoms with Crippen molar-refractivity contribution >= 4 is 21.7 Å². The van der Waals surface area contributed by atoms with Gasteiger partial charge < -0.3 is 15.4 Å². The molecule has 1 aromatic carbocycles. The summed E-state index contributed by atoms with van der Waals surface area (Å²) in [4.78, 5) is 13.7. The van der Waals surface area contributed by atoms with Gasteiger partial charge in [0.1, 0.15) is 0 Å². The number of piperazine rings is 1. The minimum Gasteiger partial charge on any atom is -0.465 e. The third-order valence-corrected chi connectivity index (χ3v) is 5.43. The van der Waals surface area contributed by atoms with Crippen LogP contribution in [0.3, 0.4) is 0 Å². The van der Waals surface area contributed by atoms with Crippen LogP contribution in [0.15, 0.2) is 23.1 Å². The number of likely N-dealkylation sites (N-methyl/N-ethyl adjacent to an activating group) is 1. The number of carbonyl (C=O) groups excluding carboxylic acids is 1. The zero-order valence-corrected chi connectivity index (χ0v) is 12.9. The predicted octanol–water partition coefficient (Wildman–Crippen LogP) is -0.00850. The van der Waals surface area contributed by atoms with Crippen molar-refractivity contribution in [2.24, 2.45) is 0 Å². The highest BCUT2D eigenvalue weighted by atomic mass is 32.2. The minimum atomic E-state index is -3.77. The standard InChI is InChI=1S/C13H19N3O4S/c1-15-5-7-16(8-6-15)21(18,19)12-9-10(14)3-4-11(12)13(17)20-2/h3-4,9H,5-8,14H2,1-2H3. The number of sulfonamides is 1. The number of esters is 1. The lowest BCUT2D eigenvalue weighted by Crippen LogP contribution is -2.47. The van der Waals surface area contributed by atoms with E-state index in [1.54, 1.807) is 0 Å². The molecule has 1 fully saturated rings. The van der Waals surface area contributed by atoms with Crippen LogP contribution in [0.1, 0.15) is 10.4 Å². The summed E-state index contributed by atoms with van der Waals surface area (Å²) in [6, 6.07) is 4.17. The van der Waals surface area contributed by atoms with E-state index in [4.69, 9.17) is 5.73 Å². The number of hydrogen-bond acceptors (Lipinski definition) is 6.